The Labute approximate surface area is 136 Å². The van der Waals surface area contributed by atoms with E-state index in [0.29, 0.717) is 6.54 Å². The zero-order valence-corrected chi connectivity index (χ0v) is 14.1. The summed E-state index contributed by atoms with van der Waals surface area (Å²) in [5.74, 6) is 2.51. The fourth-order valence-electron chi connectivity index (χ4n) is 2.31. The molecule has 0 saturated heterocycles. The lowest BCUT2D eigenvalue weighted by molar-refractivity contribution is 0.392. The van der Waals surface area contributed by atoms with Crippen molar-refractivity contribution in [2.24, 2.45) is 4.99 Å². The van der Waals surface area contributed by atoms with Crippen LogP contribution in [0.3, 0.4) is 0 Å². The second-order valence-electron chi connectivity index (χ2n) is 5.25. The maximum Gasteiger partial charge on any atom is 0.191 e. The fourth-order valence-corrected chi connectivity index (χ4v) is 2.31. The number of hydrogen-bond donors (Lipinski definition) is 2. The zero-order valence-electron chi connectivity index (χ0n) is 14.1. The van der Waals surface area contributed by atoms with Crippen LogP contribution in [0.2, 0.25) is 0 Å². The summed E-state index contributed by atoms with van der Waals surface area (Å²) in [7, 11) is 3.43. The van der Waals surface area contributed by atoms with Gasteiger partial charge in [-0.15, -0.1) is 0 Å². The highest BCUT2D eigenvalue weighted by atomic mass is 16.5. The van der Waals surface area contributed by atoms with E-state index < -0.39 is 0 Å². The molecule has 0 aliphatic heterocycles. The Bertz CT molecular complexity index is 628. The molecule has 2 N–H and O–H groups in total. The minimum atomic E-state index is 0.703. The molecule has 0 spiro atoms. The van der Waals surface area contributed by atoms with Crippen LogP contribution in [0.25, 0.3) is 0 Å². The van der Waals surface area contributed by atoms with E-state index in [9.17, 15) is 0 Å². The summed E-state index contributed by atoms with van der Waals surface area (Å²) in [5.41, 5.74) is 3.27. The summed E-state index contributed by atoms with van der Waals surface area (Å²) < 4.78 is 10.3. The molecular weight excluding hydrogens is 292 g/mol. The molecule has 2 aromatic rings. The normalized spacial score (nSPS) is 11.4. The van der Waals surface area contributed by atoms with Gasteiger partial charge in [-0.05, 0) is 38.0 Å². The highest BCUT2D eigenvalue weighted by Crippen LogP contribution is 2.12. The fraction of sp³-hybridized carbons (Fsp3) is 0.412. The quantitative estimate of drug-likeness (QED) is 0.631. The van der Waals surface area contributed by atoms with Crippen molar-refractivity contribution in [3.63, 3.8) is 0 Å². The maximum absolute atomic E-state index is 5.17. The SMILES string of the molecule is CN=C(NCCc1c(C)noc1C)NCc1ccc(OC)cc1. The van der Waals surface area contributed by atoms with Crippen LogP contribution >= 0.6 is 0 Å². The lowest BCUT2D eigenvalue weighted by Crippen LogP contribution is -2.37. The van der Waals surface area contributed by atoms with Gasteiger partial charge >= 0.3 is 0 Å². The molecule has 1 aromatic heterocycles. The zero-order chi connectivity index (χ0) is 16.7. The molecule has 0 radical (unpaired) electrons. The minimum absolute atomic E-state index is 0.703. The van der Waals surface area contributed by atoms with Crippen molar-refractivity contribution in [1.82, 2.24) is 15.8 Å². The van der Waals surface area contributed by atoms with E-state index in [1.807, 2.05) is 38.1 Å². The molecule has 0 amide bonds. The number of aliphatic imine (C=N–C) groups is 1. The summed E-state index contributed by atoms with van der Waals surface area (Å²) in [6.45, 7) is 5.37. The van der Waals surface area contributed by atoms with Gasteiger partial charge in [-0.1, -0.05) is 17.3 Å². The number of aryl methyl sites for hydroxylation is 2. The van der Waals surface area contributed by atoms with Crippen LogP contribution in [0.15, 0.2) is 33.8 Å². The second-order valence-corrected chi connectivity index (χ2v) is 5.25. The van der Waals surface area contributed by atoms with Gasteiger partial charge in [0.25, 0.3) is 0 Å². The third kappa shape index (κ3) is 4.74. The van der Waals surface area contributed by atoms with Gasteiger partial charge in [-0.2, -0.15) is 0 Å². The minimum Gasteiger partial charge on any atom is -0.497 e. The predicted octanol–water partition coefficient (Wildman–Crippen LogP) is 2.21. The van der Waals surface area contributed by atoms with E-state index in [1.165, 1.54) is 5.56 Å². The van der Waals surface area contributed by atoms with Crippen molar-refractivity contribution in [3.8, 4) is 5.75 Å². The van der Waals surface area contributed by atoms with Crippen molar-refractivity contribution >= 4 is 5.96 Å². The Morgan fingerprint density at radius 1 is 1.22 bits per heavy atom. The number of hydrogen-bond acceptors (Lipinski definition) is 4. The number of nitrogens with one attached hydrogen (secondary N) is 2. The van der Waals surface area contributed by atoms with E-state index in [2.05, 4.69) is 20.8 Å². The van der Waals surface area contributed by atoms with E-state index in [-0.39, 0.29) is 0 Å². The first-order valence-corrected chi connectivity index (χ1v) is 7.63. The monoisotopic (exact) mass is 316 g/mol. The van der Waals surface area contributed by atoms with Gasteiger partial charge in [0, 0.05) is 25.7 Å². The molecule has 0 fully saturated rings. The Balaban J connectivity index is 1.79. The van der Waals surface area contributed by atoms with Gasteiger partial charge in [0.05, 0.1) is 12.8 Å². The molecule has 0 saturated carbocycles. The van der Waals surface area contributed by atoms with Gasteiger partial charge in [-0.25, -0.2) is 0 Å². The first-order chi connectivity index (χ1) is 11.1. The van der Waals surface area contributed by atoms with Crippen LogP contribution in [0, 0.1) is 13.8 Å². The standard InChI is InChI=1S/C17H24N4O2/c1-12-16(13(2)23-21-12)9-10-19-17(18-3)20-11-14-5-7-15(22-4)8-6-14/h5-8H,9-11H2,1-4H3,(H2,18,19,20). The van der Waals surface area contributed by atoms with E-state index >= 15 is 0 Å². The largest absolute Gasteiger partial charge is 0.497 e. The van der Waals surface area contributed by atoms with Crippen LogP contribution in [-0.2, 0) is 13.0 Å². The van der Waals surface area contributed by atoms with E-state index in [4.69, 9.17) is 9.26 Å². The number of nitrogens with zero attached hydrogens (tertiary/aromatic N) is 2. The van der Waals surface area contributed by atoms with Crippen LogP contribution in [0.5, 0.6) is 5.75 Å². The van der Waals surface area contributed by atoms with Gasteiger partial charge < -0.3 is 19.9 Å². The second kappa shape index (κ2) is 8.22. The summed E-state index contributed by atoms with van der Waals surface area (Å²) in [4.78, 5) is 4.23. The number of methoxy groups -OCH3 is 1. The molecule has 6 nitrogen and oxygen atoms in total. The lowest BCUT2D eigenvalue weighted by atomic mass is 10.1. The van der Waals surface area contributed by atoms with Crippen LogP contribution in [0.1, 0.15) is 22.6 Å². The molecule has 0 bridgehead atoms. The molecule has 0 aliphatic carbocycles. The summed E-state index contributed by atoms with van der Waals surface area (Å²) in [6.07, 6.45) is 0.852. The van der Waals surface area contributed by atoms with Crippen LogP contribution < -0.4 is 15.4 Å². The first kappa shape index (κ1) is 16.9. The van der Waals surface area contributed by atoms with Crippen molar-refractivity contribution in [2.45, 2.75) is 26.8 Å². The van der Waals surface area contributed by atoms with Gasteiger partial charge in [-0.3, -0.25) is 4.99 Å². The molecule has 0 unspecified atom stereocenters. The van der Waals surface area contributed by atoms with E-state index in [0.717, 1.165) is 41.7 Å². The van der Waals surface area contributed by atoms with Crippen LogP contribution in [0.4, 0.5) is 0 Å². The molecular formula is C17H24N4O2. The highest BCUT2D eigenvalue weighted by Gasteiger charge is 2.08. The first-order valence-electron chi connectivity index (χ1n) is 7.63. The van der Waals surface area contributed by atoms with Gasteiger partial charge in [0.15, 0.2) is 5.96 Å². The number of guanidine groups is 1. The van der Waals surface area contributed by atoms with Crippen molar-refractivity contribution in [1.29, 1.82) is 0 Å². The number of rotatable bonds is 6. The third-order valence-electron chi connectivity index (χ3n) is 3.69. The van der Waals surface area contributed by atoms with Crippen molar-refractivity contribution < 1.29 is 9.26 Å². The van der Waals surface area contributed by atoms with Crippen molar-refractivity contribution in [2.75, 3.05) is 20.7 Å². The Morgan fingerprint density at radius 3 is 2.52 bits per heavy atom. The van der Waals surface area contributed by atoms with Crippen LogP contribution in [-0.4, -0.2) is 31.8 Å². The molecule has 2 rings (SSSR count). The molecule has 1 aromatic carbocycles. The topological polar surface area (TPSA) is 71.7 Å². The average Bonchev–Trinajstić information content (AvgIpc) is 2.90. The Kier molecular flexibility index (Phi) is 6.02. The third-order valence-corrected chi connectivity index (χ3v) is 3.69. The van der Waals surface area contributed by atoms with E-state index in [1.54, 1.807) is 14.2 Å². The Morgan fingerprint density at radius 2 is 1.96 bits per heavy atom. The molecule has 124 valence electrons. The number of benzene rings is 1. The van der Waals surface area contributed by atoms with Crippen molar-refractivity contribution in [3.05, 3.63) is 46.8 Å². The summed E-state index contributed by atoms with van der Waals surface area (Å²) >= 11 is 0. The molecule has 0 aliphatic rings. The van der Waals surface area contributed by atoms with Gasteiger partial charge in [0.2, 0.25) is 0 Å². The average molecular weight is 316 g/mol. The Hall–Kier alpha value is -2.50. The molecule has 6 heteroatoms. The van der Waals surface area contributed by atoms with Gasteiger partial charge in [0.1, 0.15) is 11.5 Å². The number of aromatic nitrogens is 1. The molecule has 1 heterocycles. The number of ether oxygens (including phenoxy) is 1. The smallest absolute Gasteiger partial charge is 0.191 e. The molecule has 0 atom stereocenters. The molecule has 23 heavy (non-hydrogen) atoms. The predicted molar refractivity (Wildman–Crippen MR) is 90.9 cm³/mol. The lowest BCUT2D eigenvalue weighted by Gasteiger charge is -2.12. The maximum atomic E-state index is 5.17. The summed E-state index contributed by atoms with van der Waals surface area (Å²) in [6, 6.07) is 7.96. The summed E-state index contributed by atoms with van der Waals surface area (Å²) in [5, 5.41) is 10.6. The highest BCUT2D eigenvalue weighted by molar-refractivity contribution is 5.79.